The summed E-state index contributed by atoms with van der Waals surface area (Å²) in [6, 6.07) is 17.9. The predicted molar refractivity (Wildman–Crippen MR) is 84.6 cm³/mol. The van der Waals surface area contributed by atoms with E-state index in [1.54, 1.807) is 0 Å². The average Bonchev–Trinajstić information content (AvgIpc) is 2.46. The van der Waals surface area contributed by atoms with Crippen molar-refractivity contribution < 1.29 is 4.74 Å². The number of anilines is 1. The molecule has 0 amide bonds. The Labute approximate surface area is 121 Å². The number of hydrogen-bond donors (Lipinski definition) is 1. The van der Waals surface area contributed by atoms with Crippen LogP contribution in [0.1, 0.15) is 6.42 Å². The van der Waals surface area contributed by atoms with Gasteiger partial charge in [-0.3, -0.25) is 0 Å². The number of para-hydroxylation sites is 1. The first kappa shape index (κ1) is 14.4. The van der Waals surface area contributed by atoms with Crippen LogP contribution in [0, 0.1) is 0 Å². The van der Waals surface area contributed by atoms with Crippen molar-refractivity contribution in [3.63, 3.8) is 0 Å². The molecule has 0 bridgehead atoms. The monoisotopic (exact) mass is 270 g/mol. The molecule has 0 unspecified atom stereocenters. The smallest absolute Gasteiger partial charge is 0.127 e. The molecule has 1 N–H and O–H groups in total. The number of rotatable bonds is 7. The standard InChI is InChI=1S/C17H22N2O/c1-19(2)14-6-13-18-15-9-11-17(12-10-15)20-16-7-4-3-5-8-16/h3-5,7-12,18H,6,13-14H2,1-2H3. The maximum atomic E-state index is 5.76. The zero-order chi connectivity index (χ0) is 14.2. The Kier molecular flexibility index (Phi) is 5.44. The van der Waals surface area contributed by atoms with Crippen LogP contribution in [0.5, 0.6) is 11.5 Å². The van der Waals surface area contributed by atoms with Gasteiger partial charge in [0.05, 0.1) is 0 Å². The first-order valence-electron chi connectivity index (χ1n) is 6.95. The van der Waals surface area contributed by atoms with Gasteiger partial charge in [0, 0.05) is 12.2 Å². The van der Waals surface area contributed by atoms with Crippen LogP contribution in [0.15, 0.2) is 54.6 Å². The average molecular weight is 270 g/mol. The minimum Gasteiger partial charge on any atom is -0.457 e. The van der Waals surface area contributed by atoms with Gasteiger partial charge in [0.2, 0.25) is 0 Å². The minimum absolute atomic E-state index is 0.857. The number of nitrogens with one attached hydrogen (secondary N) is 1. The molecule has 106 valence electrons. The Morgan fingerprint density at radius 2 is 1.55 bits per heavy atom. The number of hydrogen-bond acceptors (Lipinski definition) is 3. The fraction of sp³-hybridized carbons (Fsp3) is 0.294. The van der Waals surface area contributed by atoms with E-state index in [-0.39, 0.29) is 0 Å². The third-order valence-electron chi connectivity index (χ3n) is 2.94. The predicted octanol–water partition coefficient (Wildman–Crippen LogP) is 3.84. The quantitative estimate of drug-likeness (QED) is 0.774. The van der Waals surface area contributed by atoms with Gasteiger partial charge in [-0.1, -0.05) is 18.2 Å². The Balaban J connectivity index is 1.81. The fourth-order valence-electron chi connectivity index (χ4n) is 1.89. The molecule has 0 radical (unpaired) electrons. The van der Waals surface area contributed by atoms with E-state index in [0.29, 0.717) is 0 Å². The summed E-state index contributed by atoms with van der Waals surface area (Å²) < 4.78 is 5.76. The van der Waals surface area contributed by atoms with Gasteiger partial charge in [-0.05, 0) is 63.5 Å². The largest absolute Gasteiger partial charge is 0.457 e. The van der Waals surface area contributed by atoms with E-state index in [0.717, 1.165) is 36.7 Å². The van der Waals surface area contributed by atoms with Crippen LogP contribution < -0.4 is 10.1 Å². The molecule has 2 aromatic rings. The molecule has 0 heterocycles. The van der Waals surface area contributed by atoms with E-state index in [1.807, 2.05) is 54.6 Å². The van der Waals surface area contributed by atoms with Gasteiger partial charge in [0.25, 0.3) is 0 Å². The summed E-state index contributed by atoms with van der Waals surface area (Å²) in [7, 11) is 4.19. The maximum absolute atomic E-state index is 5.76. The van der Waals surface area contributed by atoms with Gasteiger partial charge >= 0.3 is 0 Å². The van der Waals surface area contributed by atoms with E-state index in [2.05, 4.69) is 24.3 Å². The highest BCUT2D eigenvalue weighted by Gasteiger charge is 1.97. The molecule has 0 saturated carbocycles. The second-order valence-corrected chi connectivity index (χ2v) is 5.02. The van der Waals surface area contributed by atoms with Crippen molar-refractivity contribution in [2.75, 3.05) is 32.5 Å². The van der Waals surface area contributed by atoms with Crippen molar-refractivity contribution >= 4 is 5.69 Å². The van der Waals surface area contributed by atoms with E-state index >= 15 is 0 Å². The summed E-state index contributed by atoms with van der Waals surface area (Å²) in [5.74, 6) is 1.72. The Hall–Kier alpha value is -2.00. The van der Waals surface area contributed by atoms with Crippen molar-refractivity contribution in [1.29, 1.82) is 0 Å². The second-order valence-electron chi connectivity index (χ2n) is 5.02. The summed E-state index contributed by atoms with van der Waals surface area (Å²) in [6.45, 7) is 2.08. The van der Waals surface area contributed by atoms with Crippen LogP contribution in [0.4, 0.5) is 5.69 Å². The fourth-order valence-corrected chi connectivity index (χ4v) is 1.89. The van der Waals surface area contributed by atoms with Crippen LogP contribution in [0.25, 0.3) is 0 Å². The lowest BCUT2D eigenvalue weighted by Gasteiger charge is -2.11. The summed E-state index contributed by atoms with van der Waals surface area (Å²) >= 11 is 0. The summed E-state index contributed by atoms with van der Waals surface area (Å²) in [5.41, 5.74) is 1.13. The lowest BCUT2D eigenvalue weighted by Crippen LogP contribution is -2.16. The third kappa shape index (κ3) is 4.94. The first-order chi connectivity index (χ1) is 9.74. The molecule has 0 spiro atoms. The molecule has 3 nitrogen and oxygen atoms in total. The number of nitrogens with zero attached hydrogens (tertiary/aromatic N) is 1. The lowest BCUT2D eigenvalue weighted by molar-refractivity contribution is 0.405. The SMILES string of the molecule is CN(C)CCCNc1ccc(Oc2ccccc2)cc1. The van der Waals surface area contributed by atoms with Crippen molar-refractivity contribution in [3.05, 3.63) is 54.6 Å². The zero-order valence-electron chi connectivity index (χ0n) is 12.2. The van der Waals surface area contributed by atoms with Crippen LogP contribution in [0.2, 0.25) is 0 Å². The van der Waals surface area contributed by atoms with Crippen LogP contribution in [0.3, 0.4) is 0 Å². The molecule has 0 aromatic heterocycles. The maximum Gasteiger partial charge on any atom is 0.127 e. The third-order valence-corrected chi connectivity index (χ3v) is 2.94. The van der Waals surface area contributed by atoms with Crippen LogP contribution in [-0.4, -0.2) is 32.1 Å². The molecule has 2 rings (SSSR count). The minimum atomic E-state index is 0.857. The molecule has 2 aromatic carbocycles. The molecule has 0 aliphatic heterocycles. The van der Waals surface area contributed by atoms with Crippen LogP contribution in [-0.2, 0) is 0 Å². The Morgan fingerprint density at radius 1 is 0.900 bits per heavy atom. The summed E-state index contributed by atoms with van der Waals surface area (Å²) in [4.78, 5) is 2.19. The summed E-state index contributed by atoms with van der Waals surface area (Å²) in [5, 5.41) is 3.41. The zero-order valence-corrected chi connectivity index (χ0v) is 12.2. The number of ether oxygens (including phenoxy) is 1. The van der Waals surface area contributed by atoms with Gasteiger partial charge in [-0.15, -0.1) is 0 Å². The molecule has 0 saturated heterocycles. The van der Waals surface area contributed by atoms with Gasteiger partial charge in [0.1, 0.15) is 11.5 Å². The Bertz CT molecular complexity index is 494. The number of benzene rings is 2. The van der Waals surface area contributed by atoms with Crippen molar-refractivity contribution in [2.45, 2.75) is 6.42 Å². The van der Waals surface area contributed by atoms with Crippen molar-refractivity contribution in [3.8, 4) is 11.5 Å². The molecule has 3 heteroatoms. The van der Waals surface area contributed by atoms with Crippen LogP contribution >= 0.6 is 0 Å². The van der Waals surface area contributed by atoms with Crippen molar-refractivity contribution in [1.82, 2.24) is 4.90 Å². The highest BCUT2D eigenvalue weighted by Crippen LogP contribution is 2.22. The van der Waals surface area contributed by atoms with E-state index in [1.165, 1.54) is 0 Å². The van der Waals surface area contributed by atoms with Gasteiger partial charge in [-0.2, -0.15) is 0 Å². The molecule has 0 atom stereocenters. The van der Waals surface area contributed by atoms with E-state index in [4.69, 9.17) is 4.74 Å². The highest BCUT2D eigenvalue weighted by molar-refractivity contribution is 5.47. The van der Waals surface area contributed by atoms with E-state index in [9.17, 15) is 0 Å². The molecule has 0 fully saturated rings. The van der Waals surface area contributed by atoms with Gasteiger partial charge < -0.3 is 15.0 Å². The lowest BCUT2D eigenvalue weighted by atomic mass is 10.3. The highest BCUT2D eigenvalue weighted by atomic mass is 16.5. The molecule has 0 aliphatic carbocycles. The summed E-state index contributed by atoms with van der Waals surface area (Å²) in [6.07, 6.45) is 1.13. The van der Waals surface area contributed by atoms with E-state index < -0.39 is 0 Å². The molecular weight excluding hydrogens is 248 g/mol. The van der Waals surface area contributed by atoms with Gasteiger partial charge in [0.15, 0.2) is 0 Å². The first-order valence-corrected chi connectivity index (χ1v) is 6.95. The molecule has 20 heavy (non-hydrogen) atoms. The topological polar surface area (TPSA) is 24.5 Å². The van der Waals surface area contributed by atoms with Crippen molar-refractivity contribution in [2.24, 2.45) is 0 Å². The second kappa shape index (κ2) is 7.56. The molecular formula is C17H22N2O. The molecule has 0 aliphatic rings. The normalized spacial score (nSPS) is 10.6. The van der Waals surface area contributed by atoms with Gasteiger partial charge in [-0.25, -0.2) is 0 Å². The Morgan fingerprint density at radius 3 is 2.20 bits per heavy atom.